The van der Waals surface area contributed by atoms with Crippen LogP contribution in [0, 0.1) is 0 Å². The maximum absolute atomic E-state index is 10.8. The van der Waals surface area contributed by atoms with Gasteiger partial charge >= 0.3 is 5.97 Å². The van der Waals surface area contributed by atoms with Crippen LogP contribution in [0.5, 0.6) is 0 Å². The molecule has 0 spiro atoms. The van der Waals surface area contributed by atoms with Crippen LogP contribution in [0.4, 0.5) is 0 Å². The van der Waals surface area contributed by atoms with Crippen molar-refractivity contribution in [2.45, 2.75) is 0 Å². The Morgan fingerprint density at radius 3 is 2.92 bits per heavy atom. The number of nitrogens with one attached hydrogen (secondary N) is 1. The first-order valence-electron chi connectivity index (χ1n) is 3.69. The smallest absolute Gasteiger partial charge is 0.337 e. The molecule has 2 N–H and O–H groups in total. The Morgan fingerprint density at radius 2 is 2.23 bits per heavy atom. The first-order chi connectivity index (χ1) is 6.20. The van der Waals surface area contributed by atoms with Gasteiger partial charge in [0.15, 0.2) is 0 Å². The summed E-state index contributed by atoms with van der Waals surface area (Å²) in [7, 11) is 0. The van der Waals surface area contributed by atoms with Crippen molar-refractivity contribution in [1.82, 2.24) is 4.98 Å². The third-order valence-electron chi connectivity index (χ3n) is 1.89. The summed E-state index contributed by atoms with van der Waals surface area (Å²) in [5, 5.41) is 9.57. The average Bonchev–Trinajstić information content (AvgIpc) is 2.49. The monoisotopic (exact) mass is 239 g/mol. The summed E-state index contributed by atoms with van der Waals surface area (Å²) in [5.41, 5.74) is 1.12. The number of rotatable bonds is 1. The van der Waals surface area contributed by atoms with Crippen LogP contribution in [-0.2, 0) is 0 Å². The lowest BCUT2D eigenvalue weighted by atomic mass is 10.2. The van der Waals surface area contributed by atoms with Crippen LogP contribution < -0.4 is 0 Å². The van der Waals surface area contributed by atoms with Crippen LogP contribution in [0.15, 0.2) is 28.9 Å². The van der Waals surface area contributed by atoms with Crippen molar-refractivity contribution in [3.05, 3.63) is 34.4 Å². The standard InChI is InChI=1S/C9H6BrNO2/c10-6-2-1-3-7-8(6)5(4-11-7)9(12)13/h1-4,11H,(H,12,13). The highest BCUT2D eigenvalue weighted by Gasteiger charge is 2.11. The topological polar surface area (TPSA) is 53.1 Å². The molecule has 0 atom stereocenters. The van der Waals surface area contributed by atoms with E-state index in [4.69, 9.17) is 5.11 Å². The van der Waals surface area contributed by atoms with E-state index in [0.29, 0.717) is 5.56 Å². The van der Waals surface area contributed by atoms with Gasteiger partial charge in [-0.25, -0.2) is 4.79 Å². The van der Waals surface area contributed by atoms with E-state index in [9.17, 15) is 4.79 Å². The minimum absolute atomic E-state index is 0.294. The molecule has 0 aliphatic heterocycles. The molecule has 0 bridgehead atoms. The van der Waals surface area contributed by atoms with E-state index in [1.807, 2.05) is 18.2 Å². The molecule has 13 heavy (non-hydrogen) atoms. The maximum Gasteiger partial charge on any atom is 0.337 e. The van der Waals surface area contributed by atoms with Crippen molar-refractivity contribution in [2.75, 3.05) is 0 Å². The first-order valence-corrected chi connectivity index (χ1v) is 4.48. The van der Waals surface area contributed by atoms with Crippen molar-refractivity contribution in [3.63, 3.8) is 0 Å². The van der Waals surface area contributed by atoms with Gasteiger partial charge in [0.25, 0.3) is 0 Å². The number of halogens is 1. The number of H-pyrrole nitrogens is 1. The van der Waals surface area contributed by atoms with Crippen molar-refractivity contribution in [3.8, 4) is 0 Å². The van der Waals surface area contributed by atoms with E-state index in [-0.39, 0.29) is 0 Å². The minimum atomic E-state index is -0.918. The van der Waals surface area contributed by atoms with E-state index in [1.165, 1.54) is 6.20 Å². The lowest BCUT2D eigenvalue weighted by Gasteiger charge is -1.94. The quantitative estimate of drug-likeness (QED) is 0.804. The van der Waals surface area contributed by atoms with Crippen LogP contribution in [0.2, 0.25) is 0 Å². The number of aromatic carboxylic acids is 1. The van der Waals surface area contributed by atoms with Crippen LogP contribution >= 0.6 is 15.9 Å². The highest BCUT2D eigenvalue weighted by molar-refractivity contribution is 9.10. The van der Waals surface area contributed by atoms with Gasteiger partial charge in [-0.2, -0.15) is 0 Å². The Balaban J connectivity index is 2.86. The number of hydrogen-bond acceptors (Lipinski definition) is 1. The Hall–Kier alpha value is -1.29. The second-order valence-electron chi connectivity index (χ2n) is 2.67. The number of carboxylic acid groups (broad SMARTS) is 1. The van der Waals surface area contributed by atoms with Crippen LogP contribution in [0.25, 0.3) is 10.9 Å². The van der Waals surface area contributed by atoms with Crippen molar-refractivity contribution in [2.24, 2.45) is 0 Å². The molecule has 0 radical (unpaired) electrons. The third-order valence-corrected chi connectivity index (χ3v) is 2.55. The number of aromatic amines is 1. The molecule has 0 unspecified atom stereocenters. The molecule has 0 saturated carbocycles. The van der Waals surface area contributed by atoms with E-state index >= 15 is 0 Å². The molecule has 66 valence electrons. The fourth-order valence-electron chi connectivity index (χ4n) is 1.31. The van der Waals surface area contributed by atoms with E-state index < -0.39 is 5.97 Å². The van der Waals surface area contributed by atoms with Gasteiger partial charge in [0.05, 0.1) is 5.56 Å². The molecule has 0 aliphatic carbocycles. The summed E-state index contributed by atoms with van der Waals surface area (Å²) >= 11 is 3.31. The molecule has 0 aliphatic rings. The molecule has 0 fully saturated rings. The van der Waals surface area contributed by atoms with Gasteiger partial charge in [0.2, 0.25) is 0 Å². The number of aromatic nitrogens is 1. The molecule has 2 aromatic rings. The molecule has 1 aromatic heterocycles. The highest BCUT2D eigenvalue weighted by Crippen LogP contribution is 2.26. The van der Waals surface area contributed by atoms with Gasteiger partial charge in [0.1, 0.15) is 0 Å². The normalized spacial score (nSPS) is 10.5. The molecule has 3 nitrogen and oxygen atoms in total. The molecular formula is C9H6BrNO2. The number of fused-ring (bicyclic) bond motifs is 1. The molecular weight excluding hydrogens is 234 g/mol. The van der Waals surface area contributed by atoms with Crippen LogP contribution in [0.3, 0.4) is 0 Å². The van der Waals surface area contributed by atoms with E-state index in [0.717, 1.165) is 15.4 Å². The molecule has 2 rings (SSSR count). The average molecular weight is 240 g/mol. The van der Waals surface area contributed by atoms with Gasteiger partial charge in [-0.15, -0.1) is 0 Å². The molecule has 0 amide bonds. The van der Waals surface area contributed by atoms with Gasteiger partial charge < -0.3 is 10.1 Å². The maximum atomic E-state index is 10.8. The zero-order chi connectivity index (χ0) is 9.42. The Kier molecular flexibility index (Phi) is 1.84. The fraction of sp³-hybridized carbons (Fsp3) is 0. The summed E-state index contributed by atoms with van der Waals surface area (Å²) < 4.78 is 0.795. The predicted octanol–water partition coefficient (Wildman–Crippen LogP) is 2.63. The number of carbonyl (C=O) groups is 1. The first kappa shape index (κ1) is 8.31. The molecule has 4 heteroatoms. The summed E-state index contributed by atoms with van der Waals surface area (Å²) in [4.78, 5) is 13.7. The second-order valence-corrected chi connectivity index (χ2v) is 3.52. The van der Waals surface area contributed by atoms with Gasteiger partial charge in [-0.05, 0) is 12.1 Å². The summed E-state index contributed by atoms with van der Waals surface area (Å²) in [6, 6.07) is 5.52. The molecule has 1 heterocycles. The Labute approximate surface area is 82.5 Å². The lowest BCUT2D eigenvalue weighted by Crippen LogP contribution is -1.93. The summed E-state index contributed by atoms with van der Waals surface area (Å²) in [6.07, 6.45) is 1.50. The number of hydrogen-bond donors (Lipinski definition) is 2. The van der Waals surface area contributed by atoms with Crippen LogP contribution in [0.1, 0.15) is 10.4 Å². The van der Waals surface area contributed by atoms with E-state index in [1.54, 1.807) is 0 Å². The molecule has 0 saturated heterocycles. The highest BCUT2D eigenvalue weighted by atomic mass is 79.9. The van der Waals surface area contributed by atoms with Crippen LogP contribution in [-0.4, -0.2) is 16.1 Å². The third kappa shape index (κ3) is 1.23. The van der Waals surface area contributed by atoms with Crippen molar-refractivity contribution >= 4 is 32.8 Å². The van der Waals surface area contributed by atoms with E-state index in [2.05, 4.69) is 20.9 Å². The Bertz CT molecular complexity index is 475. The van der Waals surface area contributed by atoms with Crippen molar-refractivity contribution in [1.29, 1.82) is 0 Å². The largest absolute Gasteiger partial charge is 0.478 e. The van der Waals surface area contributed by atoms with Gasteiger partial charge in [-0.1, -0.05) is 22.0 Å². The summed E-state index contributed by atoms with van der Waals surface area (Å²) in [6.45, 7) is 0. The van der Waals surface area contributed by atoms with Gasteiger partial charge in [0, 0.05) is 21.6 Å². The number of benzene rings is 1. The second kappa shape index (κ2) is 2.88. The Morgan fingerprint density at radius 1 is 1.46 bits per heavy atom. The lowest BCUT2D eigenvalue weighted by molar-refractivity contribution is 0.0699. The SMILES string of the molecule is O=C(O)c1c[nH]c2cccc(Br)c12. The zero-order valence-electron chi connectivity index (χ0n) is 6.54. The fourth-order valence-corrected chi connectivity index (χ4v) is 1.89. The number of carboxylic acids is 1. The summed E-state index contributed by atoms with van der Waals surface area (Å²) in [5.74, 6) is -0.918. The zero-order valence-corrected chi connectivity index (χ0v) is 8.13. The van der Waals surface area contributed by atoms with Gasteiger partial charge in [-0.3, -0.25) is 0 Å². The predicted molar refractivity (Wildman–Crippen MR) is 53.0 cm³/mol. The molecule has 1 aromatic carbocycles. The van der Waals surface area contributed by atoms with Crippen molar-refractivity contribution < 1.29 is 9.90 Å². The minimum Gasteiger partial charge on any atom is -0.478 e.